The number of piperidine rings is 1. The summed E-state index contributed by atoms with van der Waals surface area (Å²) in [5, 5.41) is 0.823. The first-order chi connectivity index (χ1) is 8.65. The molecule has 4 heteroatoms. The van der Waals surface area contributed by atoms with Gasteiger partial charge in [0.15, 0.2) is 11.6 Å². The number of nitrogens with zero attached hydrogens (tertiary/aromatic N) is 1. The molecule has 1 fully saturated rings. The molecule has 0 unspecified atom stereocenters. The Bertz CT molecular complexity index is 568. The van der Waals surface area contributed by atoms with Crippen LogP contribution in [-0.2, 0) is 0 Å². The standard InChI is InChI=1S/C14H16F2N2/c1-18-4-2-9(3-5-18)11-8-17-14-7-13(16)12(15)6-10(11)14/h6-9,17H,2-5H2,1H3. The molecule has 2 aromatic rings. The molecule has 96 valence electrons. The smallest absolute Gasteiger partial charge is 0.160 e. The zero-order chi connectivity index (χ0) is 12.7. The summed E-state index contributed by atoms with van der Waals surface area (Å²) in [5.74, 6) is -1.12. The first kappa shape index (κ1) is 11.7. The van der Waals surface area contributed by atoms with Crippen molar-refractivity contribution in [2.75, 3.05) is 20.1 Å². The maximum absolute atomic E-state index is 13.3. The molecular weight excluding hydrogens is 234 g/mol. The summed E-state index contributed by atoms with van der Waals surface area (Å²) in [6.07, 6.45) is 4.05. The van der Waals surface area contributed by atoms with E-state index in [1.165, 1.54) is 12.1 Å². The second-order valence-corrected chi connectivity index (χ2v) is 5.13. The van der Waals surface area contributed by atoms with Gasteiger partial charge >= 0.3 is 0 Å². The van der Waals surface area contributed by atoms with Crippen molar-refractivity contribution in [3.8, 4) is 0 Å². The van der Waals surface area contributed by atoms with Gasteiger partial charge in [0.05, 0.1) is 0 Å². The van der Waals surface area contributed by atoms with Crippen LogP contribution in [0.3, 0.4) is 0 Å². The van der Waals surface area contributed by atoms with Crippen molar-refractivity contribution in [1.82, 2.24) is 9.88 Å². The molecule has 3 rings (SSSR count). The van der Waals surface area contributed by atoms with Crippen molar-refractivity contribution in [3.63, 3.8) is 0 Å². The molecular formula is C14H16F2N2. The zero-order valence-corrected chi connectivity index (χ0v) is 10.3. The van der Waals surface area contributed by atoms with Gasteiger partial charge in [0.2, 0.25) is 0 Å². The molecule has 0 amide bonds. The Kier molecular flexibility index (Phi) is 2.82. The summed E-state index contributed by atoms with van der Waals surface area (Å²) < 4.78 is 26.5. The molecule has 0 bridgehead atoms. The summed E-state index contributed by atoms with van der Waals surface area (Å²) in [6.45, 7) is 2.11. The Hall–Kier alpha value is -1.42. The highest BCUT2D eigenvalue weighted by atomic mass is 19.2. The largest absolute Gasteiger partial charge is 0.361 e. The summed E-state index contributed by atoms with van der Waals surface area (Å²) in [5.41, 5.74) is 1.81. The molecule has 1 aliphatic rings. The highest BCUT2D eigenvalue weighted by Gasteiger charge is 2.21. The van der Waals surface area contributed by atoms with E-state index in [-0.39, 0.29) is 0 Å². The fraction of sp³-hybridized carbons (Fsp3) is 0.429. The van der Waals surface area contributed by atoms with Crippen molar-refractivity contribution < 1.29 is 8.78 Å². The molecule has 1 saturated heterocycles. The lowest BCUT2D eigenvalue weighted by Gasteiger charge is -2.28. The molecule has 0 aliphatic carbocycles. The predicted octanol–water partition coefficient (Wildman–Crippen LogP) is 3.26. The average Bonchev–Trinajstić information content (AvgIpc) is 2.74. The molecule has 0 spiro atoms. The third-order valence-corrected chi connectivity index (χ3v) is 3.91. The van der Waals surface area contributed by atoms with E-state index in [4.69, 9.17) is 0 Å². The summed E-state index contributed by atoms with van der Waals surface area (Å²) in [4.78, 5) is 5.34. The SMILES string of the molecule is CN1CCC(c2c[nH]c3cc(F)c(F)cc23)CC1. The fourth-order valence-corrected chi connectivity index (χ4v) is 2.80. The van der Waals surface area contributed by atoms with Crippen LogP contribution in [0, 0.1) is 11.6 Å². The summed E-state index contributed by atoms with van der Waals surface area (Å²) >= 11 is 0. The number of likely N-dealkylation sites (tertiary alicyclic amines) is 1. The molecule has 0 saturated carbocycles. The van der Waals surface area contributed by atoms with E-state index in [9.17, 15) is 8.78 Å². The second kappa shape index (κ2) is 4.35. The number of halogens is 2. The van der Waals surface area contributed by atoms with Crippen LogP contribution in [0.25, 0.3) is 10.9 Å². The van der Waals surface area contributed by atoms with Crippen molar-refractivity contribution in [1.29, 1.82) is 0 Å². The van der Waals surface area contributed by atoms with Crippen molar-refractivity contribution in [3.05, 3.63) is 35.5 Å². The van der Waals surface area contributed by atoms with Gasteiger partial charge in [0, 0.05) is 23.2 Å². The Morgan fingerprint density at radius 1 is 1.17 bits per heavy atom. The third-order valence-electron chi connectivity index (χ3n) is 3.91. The van der Waals surface area contributed by atoms with E-state index in [1.54, 1.807) is 0 Å². The number of hydrogen-bond acceptors (Lipinski definition) is 1. The molecule has 1 N–H and O–H groups in total. The van der Waals surface area contributed by atoms with Gasteiger partial charge in [-0.15, -0.1) is 0 Å². The van der Waals surface area contributed by atoms with Crippen molar-refractivity contribution in [2.24, 2.45) is 0 Å². The average molecular weight is 250 g/mol. The van der Waals surface area contributed by atoms with Crippen LogP contribution < -0.4 is 0 Å². The Balaban J connectivity index is 1.99. The second-order valence-electron chi connectivity index (χ2n) is 5.13. The van der Waals surface area contributed by atoms with E-state index < -0.39 is 11.6 Å². The highest BCUT2D eigenvalue weighted by Crippen LogP contribution is 2.33. The van der Waals surface area contributed by atoms with Crippen LogP contribution in [0.2, 0.25) is 0 Å². The van der Waals surface area contributed by atoms with Crippen LogP contribution in [0.4, 0.5) is 8.78 Å². The Morgan fingerprint density at radius 2 is 1.83 bits per heavy atom. The monoisotopic (exact) mass is 250 g/mol. The van der Waals surface area contributed by atoms with Gasteiger partial charge < -0.3 is 9.88 Å². The topological polar surface area (TPSA) is 19.0 Å². The first-order valence-corrected chi connectivity index (χ1v) is 6.29. The molecule has 1 aliphatic heterocycles. The lowest BCUT2D eigenvalue weighted by atomic mass is 9.89. The predicted molar refractivity (Wildman–Crippen MR) is 67.7 cm³/mol. The number of benzene rings is 1. The molecule has 0 radical (unpaired) electrons. The van der Waals surface area contributed by atoms with Crippen molar-refractivity contribution >= 4 is 10.9 Å². The number of fused-ring (bicyclic) bond motifs is 1. The molecule has 1 aromatic carbocycles. The first-order valence-electron chi connectivity index (χ1n) is 6.29. The van der Waals surface area contributed by atoms with Gasteiger partial charge in [-0.2, -0.15) is 0 Å². The van der Waals surface area contributed by atoms with E-state index in [0.29, 0.717) is 11.4 Å². The van der Waals surface area contributed by atoms with Gasteiger partial charge in [-0.25, -0.2) is 8.78 Å². The van der Waals surface area contributed by atoms with Gasteiger partial charge in [-0.05, 0) is 50.5 Å². The lowest BCUT2D eigenvalue weighted by molar-refractivity contribution is 0.256. The van der Waals surface area contributed by atoms with Crippen LogP contribution in [-0.4, -0.2) is 30.0 Å². The molecule has 1 aromatic heterocycles. The number of rotatable bonds is 1. The molecule has 18 heavy (non-hydrogen) atoms. The van der Waals surface area contributed by atoms with Crippen LogP contribution >= 0.6 is 0 Å². The quantitative estimate of drug-likeness (QED) is 0.823. The van der Waals surface area contributed by atoms with Gasteiger partial charge in [0.1, 0.15) is 0 Å². The van der Waals surface area contributed by atoms with Crippen molar-refractivity contribution in [2.45, 2.75) is 18.8 Å². The Morgan fingerprint density at radius 3 is 2.56 bits per heavy atom. The number of hydrogen-bond donors (Lipinski definition) is 1. The van der Waals surface area contributed by atoms with Gasteiger partial charge in [-0.3, -0.25) is 0 Å². The number of H-pyrrole nitrogens is 1. The van der Waals surface area contributed by atoms with Crippen LogP contribution in [0.1, 0.15) is 24.3 Å². The minimum absolute atomic E-state index is 0.444. The fourth-order valence-electron chi connectivity index (χ4n) is 2.80. The van der Waals surface area contributed by atoms with E-state index >= 15 is 0 Å². The van der Waals surface area contributed by atoms with E-state index in [0.717, 1.165) is 36.9 Å². The van der Waals surface area contributed by atoms with Gasteiger partial charge in [0.25, 0.3) is 0 Å². The molecule has 2 nitrogen and oxygen atoms in total. The minimum Gasteiger partial charge on any atom is -0.361 e. The maximum atomic E-state index is 13.3. The third kappa shape index (κ3) is 1.90. The zero-order valence-electron chi connectivity index (χ0n) is 10.3. The van der Waals surface area contributed by atoms with E-state index in [2.05, 4.69) is 16.9 Å². The van der Waals surface area contributed by atoms with Gasteiger partial charge in [-0.1, -0.05) is 0 Å². The lowest BCUT2D eigenvalue weighted by Crippen LogP contribution is -2.29. The normalized spacial score (nSPS) is 18.6. The molecule has 2 heterocycles. The number of aromatic amines is 1. The molecule has 0 atom stereocenters. The van der Waals surface area contributed by atoms with Crippen LogP contribution in [0.15, 0.2) is 18.3 Å². The van der Waals surface area contributed by atoms with Crippen LogP contribution in [0.5, 0.6) is 0 Å². The number of nitrogens with one attached hydrogen (secondary N) is 1. The minimum atomic E-state index is -0.792. The Labute approximate surface area is 105 Å². The number of aromatic nitrogens is 1. The summed E-state index contributed by atoms with van der Waals surface area (Å²) in [7, 11) is 2.11. The highest BCUT2D eigenvalue weighted by molar-refractivity contribution is 5.84. The maximum Gasteiger partial charge on any atom is 0.160 e. The van der Waals surface area contributed by atoms with E-state index in [1.807, 2.05) is 6.20 Å². The summed E-state index contributed by atoms with van der Waals surface area (Å²) in [6, 6.07) is 2.55.